The molecular formula is C24H39N3O4. The second kappa shape index (κ2) is 13.0. The predicted molar refractivity (Wildman–Crippen MR) is 119 cm³/mol. The lowest BCUT2D eigenvalue weighted by Crippen LogP contribution is -2.36. The van der Waals surface area contributed by atoms with Gasteiger partial charge in [0.1, 0.15) is 0 Å². The molecule has 0 aromatic heterocycles. The zero-order valence-corrected chi connectivity index (χ0v) is 18.9. The van der Waals surface area contributed by atoms with Crippen molar-refractivity contribution >= 4 is 17.7 Å². The SMILES string of the molecule is O=C(CCCCCNCOCC1CCC(CN2C(=O)C=CC2=O)CC1)N1CCCCC1. The fourth-order valence-corrected chi connectivity index (χ4v) is 4.82. The Kier molecular flexibility index (Phi) is 10.0. The van der Waals surface area contributed by atoms with Crippen LogP contribution in [-0.2, 0) is 19.1 Å². The van der Waals surface area contributed by atoms with Gasteiger partial charge in [-0.1, -0.05) is 6.42 Å². The minimum absolute atomic E-state index is 0.171. The second-order valence-corrected chi connectivity index (χ2v) is 9.27. The largest absolute Gasteiger partial charge is 0.366 e. The highest BCUT2D eigenvalue weighted by atomic mass is 16.5. The van der Waals surface area contributed by atoms with Gasteiger partial charge in [0.25, 0.3) is 11.8 Å². The first-order valence-corrected chi connectivity index (χ1v) is 12.2. The number of hydrogen-bond donors (Lipinski definition) is 1. The number of carbonyl (C=O) groups excluding carboxylic acids is 3. The first kappa shape index (κ1) is 23.9. The van der Waals surface area contributed by atoms with Gasteiger partial charge in [0.15, 0.2) is 0 Å². The van der Waals surface area contributed by atoms with Crippen molar-refractivity contribution in [2.45, 2.75) is 70.6 Å². The molecule has 1 N–H and O–H groups in total. The van der Waals surface area contributed by atoms with Gasteiger partial charge in [0.05, 0.1) is 13.3 Å². The Bertz CT molecular complexity index is 604. The van der Waals surface area contributed by atoms with Crippen LogP contribution >= 0.6 is 0 Å². The highest BCUT2D eigenvalue weighted by Gasteiger charge is 2.29. The number of carbonyl (C=O) groups is 3. The molecule has 0 atom stereocenters. The van der Waals surface area contributed by atoms with Crippen LogP contribution in [0.4, 0.5) is 0 Å². The Labute approximate surface area is 186 Å². The molecule has 0 unspecified atom stereocenters. The Hall–Kier alpha value is -1.73. The summed E-state index contributed by atoms with van der Waals surface area (Å²) in [5.41, 5.74) is 0. The highest BCUT2D eigenvalue weighted by molar-refractivity contribution is 6.12. The number of hydrogen-bond acceptors (Lipinski definition) is 5. The van der Waals surface area contributed by atoms with Gasteiger partial charge in [-0.25, -0.2) is 0 Å². The molecule has 7 heteroatoms. The normalized spacial score (nSPS) is 24.3. The smallest absolute Gasteiger partial charge is 0.253 e. The van der Waals surface area contributed by atoms with Crippen molar-refractivity contribution in [3.8, 4) is 0 Å². The van der Waals surface area contributed by atoms with Crippen LogP contribution in [0.2, 0.25) is 0 Å². The van der Waals surface area contributed by atoms with Crippen molar-refractivity contribution < 1.29 is 19.1 Å². The number of nitrogens with one attached hydrogen (secondary N) is 1. The molecule has 0 aromatic carbocycles. The van der Waals surface area contributed by atoms with Gasteiger partial charge >= 0.3 is 0 Å². The summed E-state index contributed by atoms with van der Waals surface area (Å²) in [5, 5.41) is 3.34. The number of rotatable bonds is 12. The molecule has 0 bridgehead atoms. The van der Waals surface area contributed by atoms with Crippen LogP contribution in [0.25, 0.3) is 0 Å². The van der Waals surface area contributed by atoms with Crippen molar-refractivity contribution in [3.05, 3.63) is 12.2 Å². The summed E-state index contributed by atoms with van der Waals surface area (Å²) in [4.78, 5) is 38.9. The van der Waals surface area contributed by atoms with Crippen molar-refractivity contribution in [1.82, 2.24) is 15.1 Å². The second-order valence-electron chi connectivity index (χ2n) is 9.27. The fourth-order valence-electron chi connectivity index (χ4n) is 4.82. The van der Waals surface area contributed by atoms with Crippen LogP contribution in [0, 0.1) is 11.8 Å². The molecule has 0 radical (unpaired) electrons. The van der Waals surface area contributed by atoms with Gasteiger partial charge in [-0.15, -0.1) is 0 Å². The van der Waals surface area contributed by atoms with Gasteiger partial charge in [-0.05, 0) is 76.2 Å². The molecule has 1 aliphatic carbocycles. The molecule has 31 heavy (non-hydrogen) atoms. The number of amides is 3. The molecule has 0 spiro atoms. The fraction of sp³-hybridized carbons (Fsp3) is 0.792. The molecule has 7 nitrogen and oxygen atoms in total. The van der Waals surface area contributed by atoms with Crippen LogP contribution in [-0.4, -0.2) is 67.0 Å². The Morgan fingerprint density at radius 1 is 0.935 bits per heavy atom. The standard InChI is InChI=1S/C24H39N3O4/c28-22(26-15-5-2-6-16-26)7-3-1-4-14-25-19-31-18-21-10-8-20(9-11-21)17-27-23(29)12-13-24(27)30/h12-13,20-21,25H,1-11,14-19H2. The van der Waals surface area contributed by atoms with E-state index in [-0.39, 0.29) is 11.8 Å². The molecule has 1 saturated carbocycles. The average molecular weight is 434 g/mol. The van der Waals surface area contributed by atoms with Crippen molar-refractivity contribution in [3.63, 3.8) is 0 Å². The van der Waals surface area contributed by atoms with Crippen molar-refractivity contribution in [2.24, 2.45) is 11.8 Å². The van der Waals surface area contributed by atoms with Crippen LogP contribution < -0.4 is 5.32 Å². The minimum Gasteiger partial charge on any atom is -0.366 e. The Balaban J connectivity index is 1.12. The Morgan fingerprint density at radius 2 is 1.61 bits per heavy atom. The maximum absolute atomic E-state index is 12.1. The van der Waals surface area contributed by atoms with E-state index in [1.54, 1.807) is 0 Å². The maximum Gasteiger partial charge on any atom is 0.253 e. The number of piperidine rings is 1. The van der Waals surface area contributed by atoms with Gasteiger partial charge in [0.2, 0.25) is 5.91 Å². The van der Waals surface area contributed by atoms with Crippen molar-refractivity contribution in [1.29, 1.82) is 0 Å². The molecule has 3 amide bonds. The van der Waals surface area contributed by atoms with E-state index in [0.717, 1.165) is 84.0 Å². The van der Waals surface area contributed by atoms with E-state index in [1.807, 2.05) is 4.90 Å². The van der Waals surface area contributed by atoms with E-state index in [4.69, 9.17) is 4.74 Å². The van der Waals surface area contributed by atoms with Crippen LogP contribution in [0.3, 0.4) is 0 Å². The van der Waals surface area contributed by atoms with E-state index in [9.17, 15) is 14.4 Å². The summed E-state index contributed by atoms with van der Waals surface area (Å²) in [7, 11) is 0. The first-order chi connectivity index (χ1) is 15.1. The molecule has 3 aliphatic rings. The number of unbranched alkanes of at least 4 members (excludes halogenated alkanes) is 2. The molecule has 2 fully saturated rings. The summed E-state index contributed by atoms with van der Waals surface area (Å²) in [6, 6.07) is 0. The van der Waals surface area contributed by atoms with Crippen molar-refractivity contribution in [2.75, 3.05) is 39.5 Å². The molecule has 174 valence electrons. The van der Waals surface area contributed by atoms with Gasteiger partial charge < -0.3 is 9.64 Å². The summed E-state index contributed by atoms with van der Waals surface area (Å²) in [5.74, 6) is 0.984. The maximum atomic E-state index is 12.1. The number of imide groups is 1. The predicted octanol–water partition coefficient (Wildman–Crippen LogP) is 2.85. The summed E-state index contributed by atoms with van der Waals surface area (Å²) in [6.07, 6.45) is 14.4. The van der Waals surface area contributed by atoms with E-state index < -0.39 is 0 Å². The monoisotopic (exact) mass is 433 g/mol. The summed E-state index contributed by atoms with van der Waals surface area (Å²) in [6.45, 7) is 4.74. The molecule has 2 aliphatic heterocycles. The average Bonchev–Trinajstić information content (AvgIpc) is 3.11. The number of likely N-dealkylation sites (tertiary alicyclic amines) is 1. The van der Waals surface area contributed by atoms with E-state index >= 15 is 0 Å². The van der Waals surface area contributed by atoms with Crippen LogP contribution in [0.1, 0.15) is 70.6 Å². The third-order valence-corrected chi connectivity index (χ3v) is 6.82. The number of ether oxygens (including phenoxy) is 1. The zero-order chi connectivity index (χ0) is 21.9. The lowest BCUT2D eigenvalue weighted by Gasteiger charge is -2.30. The van der Waals surface area contributed by atoms with E-state index in [2.05, 4.69) is 5.32 Å². The lowest BCUT2D eigenvalue weighted by atomic mass is 9.82. The van der Waals surface area contributed by atoms with Gasteiger partial charge in [-0.2, -0.15) is 0 Å². The van der Waals surface area contributed by atoms with Crippen LogP contribution in [0.5, 0.6) is 0 Å². The van der Waals surface area contributed by atoms with E-state index in [0.29, 0.717) is 37.4 Å². The van der Waals surface area contributed by atoms with Gasteiger partial charge in [-0.3, -0.25) is 24.6 Å². The first-order valence-electron chi connectivity index (χ1n) is 12.2. The molecular weight excluding hydrogens is 394 g/mol. The lowest BCUT2D eigenvalue weighted by molar-refractivity contribution is -0.138. The highest BCUT2D eigenvalue weighted by Crippen LogP contribution is 2.30. The third kappa shape index (κ3) is 8.04. The topological polar surface area (TPSA) is 79.0 Å². The van der Waals surface area contributed by atoms with E-state index in [1.165, 1.54) is 23.5 Å². The molecule has 0 aromatic rings. The minimum atomic E-state index is -0.171. The Morgan fingerprint density at radius 3 is 2.32 bits per heavy atom. The third-order valence-electron chi connectivity index (χ3n) is 6.82. The quantitative estimate of drug-likeness (QED) is 0.291. The molecule has 1 saturated heterocycles. The van der Waals surface area contributed by atoms with Gasteiger partial charge in [0, 0.05) is 38.2 Å². The molecule has 2 heterocycles. The van der Waals surface area contributed by atoms with Crippen LogP contribution in [0.15, 0.2) is 12.2 Å². The zero-order valence-electron chi connectivity index (χ0n) is 18.9. The summed E-state index contributed by atoms with van der Waals surface area (Å²) < 4.78 is 5.80. The summed E-state index contributed by atoms with van der Waals surface area (Å²) >= 11 is 0. The number of nitrogens with zero attached hydrogens (tertiary/aromatic N) is 2. The molecule has 3 rings (SSSR count).